The molecule has 0 atom stereocenters. The van der Waals surface area contributed by atoms with Crippen LogP contribution in [0.4, 0.5) is 11.4 Å². The van der Waals surface area contributed by atoms with E-state index in [1.165, 1.54) is 0 Å². The zero-order valence-corrected chi connectivity index (χ0v) is 13.7. The van der Waals surface area contributed by atoms with Crippen molar-refractivity contribution in [3.8, 4) is 0 Å². The number of rotatable bonds is 3. The lowest BCUT2D eigenvalue weighted by Crippen LogP contribution is -2.14. The molecule has 0 radical (unpaired) electrons. The predicted molar refractivity (Wildman–Crippen MR) is 97.2 cm³/mol. The van der Waals surface area contributed by atoms with Gasteiger partial charge >= 0.3 is 0 Å². The van der Waals surface area contributed by atoms with E-state index in [0.29, 0.717) is 21.4 Å². The first-order valence-electron chi connectivity index (χ1n) is 7.05. The second-order valence-corrected chi connectivity index (χ2v) is 6.07. The van der Waals surface area contributed by atoms with Gasteiger partial charge in [0, 0.05) is 5.69 Å². The van der Waals surface area contributed by atoms with Crippen molar-refractivity contribution in [2.24, 2.45) is 0 Å². The summed E-state index contributed by atoms with van der Waals surface area (Å²) in [5.41, 5.74) is 7.45. The van der Waals surface area contributed by atoms with E-state index in [1.807, 2.05) is 42.5 Å². The monoisotopic (exact) mass is 344 g/mol. The Kier molecular flexibility index (Phi) is 4.42. The highest BCUT2D eigenvalue weighted by molar-refractivity contribution is 6.39. The van der Waals surface area contributed by atoms with E-state index in [9.17, 15) is 4.79 Å². The van der Waals surface area contributed by atoms with Crippen molar-refractivity contribution in [1.82, 2.24) is 0 Å². The maximum absolute atomic E-state index is 12.2. The van der Waals surface area contributed by atoms with Gasteiger partial charge in [-0.05, 0) is 28.5 Å². The number of hydrogen-bond donors (Lipinski definition) is 2. The number of nitrogens with two attached hydrogens (primary N) is 1. The molecule has 116 valence electrons. The second-order valence-electron chi connectivity index (χ2n) is 5.26. The van der Waals surface area contributed by atoms with Gasteiger partial charge in [0.25, 0.3) is 0 Å². The van der Waals surface area contributed by atoms with Crippen LogP contribution in [-0.2, 0) is 11.2 Å². The third kappa shape index (κ3) is 3.58. The molecule has 0 aliphatic carbocycles. The Labute approximate surface area is 144 Å². The molecular formula is C18H14Cl2N2O. The third-order valence-corrected chi connectivity index (χ3v) is 4.17. The van der Waals surface area contributed by atoms with E-state index < -0.39 is 0 Å². The molecule has 3 aromatic rings. The van der Waals surface area contributed by atoms with Gasteiger partial charge in [-0.2, -0.15) is 0 Å². The average molecular weight is 345 g/mol. The lowest BCUT2D eigenvalue weighted by Gasteiger charge is -2.09. The van der Waals surface area contributed by atoms with Gasteiger partial charge in [-0.15, -0.1) is 0 Å². The normalized spacial score (nSPS) is 10.7. The number of anilines is 2. The minimum atomic E-state index is -0.141. The zero-order chi connectivity index (χ0) is 16.4. The first kappa shape index (κ1) is 15.7. The molecule has 0 aliphatic rings. The van der Waals surface area contributed by atoms with Gasteiger partial charge in [-0.25, -0.2) is 0 Å². The molecule has 3 N–H and O–H groups in total. The smallest absolute Gasteiger partial charge is 0.228 e. The summed E-state index contributed by atoms with van der Waals surface area (Å²) in [5, 5.41) is 5.67. The van der Waals surface area contributed by atoms with Crippen LogP contribution < -0.4 is 11.1 Å². The van der Waals surface area contributed by atoms with Crippen LogP contribution in [0.1, 0.15) is 5.56 Å². The number of fused-ring (bicyclic) bond motifs is 1. The zero-order valence-electron chi connectivity index (χ0n) is 12.1. The van der Waals surface area contributed by atoms with Crippen LogP contribution in [-0.4, -0.2) is 5.91 Å². The fourth-order valence-corrected chi connectivity index (χ4v) is 2.88. The van der Waals surface area contributed by atoms with Gasteiger partial charge in [0.2, 0.25) is 5.91 Å². The van der Waals surface area contributed by atoms with Gasteiger partial charge < -0.3 is 11.1 Å². The molecule has 3 nitrogen and oxygen atoms in total. The van der Waals surface area contributed by atoms with Crippen molar-refractivity contribution >= 4 is 51.3 Å². The highest BCUT2D eigenvalue weighted by atomic mass is 35.5. The van der Waals surface area contributed by atoms with E-state index >= 15 is 0 Å². The molecule has 0 bridgehead atoms. The Balaban J connectivity index is 1.75. The summed E-state index contributed by atoms with van der Waals surface area (Å²) in [4.78, 5) is 12.2. The van der Waals surface area contributed by atoms with E-state index in [1.54, 1.807) is 12.1 Å². The number of nitrogens with one attached hydrogen (secondary N) is 1. The van der Waals surface area contributed by atoms with Gasteiger partial charge in [-0.1, -0.05) is 65.7 Å². The number of benzene rings is 3. The van der Waals surface area contributed by atoms with E-state index in [4.69, 9.17) is 28.9 Å². The van der Waals surface area contributed by atoms with Crippen LogP contribution in [0.3, 0.4) is 0 Å². The summed E-state index contributed by atoms with van der Waals surface area (Å²) in [6.07, 6.45) is 0.268. The summed E-state index contributed by atoms with van der Waals surface area (Å²) in [6, 6.07) is 17.2. The minimum Gasteiger partial charge on any atom is -0.396 e. The molecule has 0 saturated heterocycles. The Morgan fingerprint density at radius 2 is 1.61 bits per heavy atom. The Morgan fingerprint density at radius 3 is 2.30 bits per heavy atom. The Hall–Kier alpha value is -2.23. The number of amides is 1. The molecule has 3 aromatic carbocycles. The molecule has 0 spiro atoms. The standard InChI is InChI=1S/C18H14Cl2N2O/c19-15-9-14(10-16(20)18(15)21)22-17(23)8-11-5-6-12-3-1-2-4-13(12)7-11/h1-7,9-10H,8,21H2,(H,22,23). The van der Waals surface area contributed by atoms with Crippen LogP contribution in [0.5, 0.6) is 0 Å². The van der Waals surface area contributed by atoms with E-state index in [2.05, 4.69) is 5.32 Å². The SMILES string of the molecule is Nc1c(Cl)cc(NC(=O)Cc2ccc3ccccc3c2)cc1Cl. The lowest BCUT2D eigenvalue weighted by molar-refractivity contribution is -0.115. The quantitative estimate of drug-likeness (QED) is 0.663. The summed E-state index contributed by atoms with van der Waals surface area (Å²) in [7, 11) is 0. The summed E-state index contributed by atoms with van der Waals surface area (Å²) >= 11 is 11.9. The summed E-state index contributed by atoms with van der Waals surface area (Å²) < 4.78 is 0. The van der Waals surface area contributed by atoms with Gasteiger partial charge in [0.05, 0.1) is 22.2 Å². The van der Waals surface area contributed by atoms with E-state index in [-0.39, 0.29) is 12.3 Å². The Bertz CT molecular complexity index is 870. The number of nitrogen functional groups attached to an aromatic ring is 1. The predicted octanol–water partition coefficient (Wildman–Crippen LogP) is 4.91. The molecule has 1 amide bonds. The highest BCUT2D eigenvalue weighted by Gasteiger charge is 2.09. The van der Waals surface area contributed by atoms with Gasteiger partial charge in [0.1, 0.15) is 0 Å². The topological polar surface area (TPSA) is 55.1 Å². The number of hydrogen-bond acceptors (Lipinski definition) is 2. The number of carbonyl (C=O) groups is 1. The van der Waals surface area contributed by atoms with Crippen molar-refractivity contribution < 1.29 is 4.79 Å². The molecule has 23 heavy (non-hydrogen) atoms. The lowest BCUT2D eigenvalue weighted by atomic mass is 10.0. The van der Waals surface area contributed by atoms with E-state index in [0.717, 1.165) is 16.3 Å². The molecule has 0 heterocycles. The fourth-order valence-electron chi connectivity index (χ4n) is 2.40. The molecule has 0 aromatic heterocycles. The van der Waals surface area contributed by atoms with Crippen molar-refractivity contribution in [3.63, 3.8) is 0 Å². The first-order chi connectivity index (χ1) is 11.0. The van der Waals surface area contributed by atoms with Gasteiger partial charge in [-0.3, -0.25) is 4.79 Å². The molecule has 0 unspecified atom stereocenters. The fraction of sp³-hybridized carbons (Fsp3) is 0.0556. The molecular weight excluding hydrogens is 331 g/mol. The third-order valence-electron chi connectivity index (χ3n) is 3.54. The minimum absolute atomic E-state index is 0.141. The van der Waals surface area contributed by atoms with Crippen LogP contribution in [0.15, 0.2) is 54.6 Å². The number of carbonyl (C=O) groups excluding carboxylic acids is 1. The molecule has 5 heteroatoms. The van der Waals surface area contributed by atoms with Crippen LogP contribution in [0, 0.1) is 0 Å². The second kappa shape index (κ2) is 6.49. The van der Waals surface area contributed by atoms with Gasteiger partial charge in [0.15, 0.2) is 0 Å². The van der Waals surface area contributed by atoms with Crippen LogP contribution in [0.2, 0.25) is 10.0 Å². The molecule has 0 saturated carbocycles. The maximum Gasteiger partial charge on any atom is 0.228 e. The van der Waals surface area contributed by atoms with Crippen molar-refractivity contribution in [1.29, 1.82) is 0 Å². The molecule has 3 rings (SSSR count). The summed E-state index contributed by atoms with van der Waals surface area (Å²) in [6.45, 7) is 0. The molecule has 0 aliphatic heterocycles. The maximum atomic E-state index is 12.2. The van der Waals surface area contributed by atoms with Crippen LogP contribution in [0.25, 0.3) is 10.8 Å². The van der Waals surface area contributed by atoms with Crippen molar-refractivity contribution in [2.75, 3.05) is 11.1 Å². The molecule has 0 fully saturated rings. The van der Waals surface area contributed by atoms with Crippen LogP contribution >= 0.6 is 23.2 Å². The average Bonchev–Trinajstić information content (AvgIpc) is 2.52. The highest BCUT2D eigenvalue weighted by Crippen LogP contribution is 2.31. The summed E-state index contributed by atoms with van der Waals surface area (Å²) in [5.74, 6) is -0.141. The largest absolute Gasteiger partial charge is 0.396 e. The first-order valence-corrected chi connectivity index (χ1v) is 7.80. The Morgan fingerprint density at radius 1 is 0.957 bits per heavy atom. The number of halogens is 2. The van der Waals surface area contributed by atoms with Crippen molar-refractivity contribution in [3.05, 3.63) is 70.2 Å². The van der Waals surface area contributed by atoms with Crippen molar-refractivity contribution in [2.45, 2.75) is 6.42 Å².